The van der Waals surface area contributed by atoms with Gasteiger partial charge in [-0.1, -0.05) is 103 Å². The van der Waals surface area contributed by atoms with Crippen molar-refractivity contribution in [2.45, 2.75) is 17.8 Å². The Hall–Kier alpha value is -16.3. The van der Waals surface area contributed by atoms with Gasteiger partial charge in [-0.05, 0) is 403 Å². The van der Waals surface area contributed by atoms with Gasteiger partial charge in [-0.25, -0.2) is 19.6 Å². The van der Waals surface area contributed by atoms with E-state index in [1.54, 1.807) is 12.1 Å². The van der Waals surface area contributed by atoms with E-state index in [0.717, 1.165) is 112 Å². The van der Waals surface area contributed by atoms with E-state index >= 15 is 9.59 Å². The van der Waals surface area contributed by atoms with E-state index < -0.39 is 46.7 Å². The molecule has 5 aliphatic carbocycles. The highest BCUT2D eigenvalue weighted by atomic mass is 16.6. The molecule has 32 aromatic carbocycles. The van der Waals surface area contributed by atoms with Crippen LogP contribution in [0.2, 0.25) is 0 Å². The van der Waals surface area contributed by atoms with Crippen molar-refractivity contribution in [2.75, 3.05) is 52.9 Å². The number of fused-ring (bicyclic) bond motifs is 8. The predicted molar refractivity (Wildman–Crippen MR) is 527 cm³/mol. The van der Waals surface area contributed by atoms with Crippen molar-refractivity contribution in [3.05, 3.63) is 190 Å². The number of nitrogens with one attached hydrogen (secondary N) is 2. The summed E-state index contributed by atoms with van der Waals surface area (Å²) in [5.74, 6) is -2.56. The summed E-state index contributed by atoms with van der Waals surface area (Å²) in [4.78, 5) is 82.0. The lowest BCUT2D eigenvalue weighted by Crippen LogP contribution is -2.39. The highest BCUT2D eigenvalue weighted by molar-refractivity contribution is 6.83. The number of aromatic amines is 2. The van der Waals surface area contributed by atoms with Gasteiger partial charge in [0.25, 0.3) is 0 Å². The van der Waals surface area contributed by atoms with Crippen molar-refractivity contribution in [2.24, 2.45) is 5.41 Å². The first-order valence-electron chi connectivity index (χ1n) is 46.3. The molecule has 8 bridgehead atoms. The number of nitrogens with zero attached hydrogens (tertiary/aromatic N) is 2. The lowest BCUT2D eigenvalue weighted by atomic mass is 9.68. The SMILES string of the molecule is CCOC(=O)C1(C(=O)OCC(=O)OCCOCCOCCOC(=O)c2ccc(-c3c4nc(c(-c5ccccc5)c5ccc([nH]5)c(-c5ccccc5)c5nc(c(-c6ccccc6)c6ccc3[nH]6)C=C5)C=C4)cc2)C23c4c5c6c7c8c9c(c%10c%11c2c2c4c4c%12c5c5c6c6c8c8c%13c9c9c%10c%10c%11c%11c2c2c4c4c%12c%12c5c5c6c8c6c8c%13c9c9c%10c%10c%11c2c2c4c4c%12c5c6c5c8c9c%10c2c45)C713. The molecule has 0 atom stereocenters. The lowest BCUT2D eigenvalue weighted by molar-refractivity contribution is -0.171. The Balaban J connectivity index is 0.389. The Kier molecular flexibility index (Phi) is 8.77. The van der Waals surface area contributed by atoms with Gasteiger partial charge >= 0.3 is 23.9 Å². The van der Waals surface area contributed by atoms with E-state index in [-0.39, 0.29) is 46.2 Å². The van der Waals surface area contributed by atoms with E-state index in [1.165, 1.54) is 291 Å². The molecule has 7 aliphatic rings. The zero-order valence-electron chi connectivity index (χ0n) is 69.2. The van der Waals surface area contributed by atoms with E-state index in [4.69, 9.17) is 38.4 Å². The Labute approximate surface area is 734 Å². The summed E-state index contributed by atoms with van der Waals surface area (Å²) >= 11 is 0. The molecule has 14 heteroatoms. The maximum absolute atomic E-state index is 17.6. The average Bonchev–Trinajstić information content (AvgIpc) is 1.35. The Morgan fingerprint density at radius 3 is 0.758 bits per heavy atom. The number of rotatable bonds is 19. The maximum atomic E-state index is 17.6. The van der Waals surface area contributed by atoms with Gasteiger partial charge in [0.15, 0.2) is 12.0 Å². The molecule has 0 radical (unpaired) electrons. The fourth-order valence-electron chi connectivity index (χ4n) is 33.6. The van der Waals surface area contributed by atoms with Crippen LogP contribution in [-0.4, -0.2) is 96.7 Å². The monoisotopic (exact) mass is 1680 g/mol. The van der Waals surface area contributed by atoms with Gasteiger partial charge in [0, 0.05) is 44.3 Å². The number of esters is 4. The lowest BCUT2D eigenvalue weighted by Gasteiger charge is -2.32. The number of carbonyl (C=O) groups is 4. The third-order valence-electron chi connectivity index (χ3n) is 36.3. The second-order valence-corrected chi connectivity index (χ2v) is 40.1. The Bertz CT molecular complexity index is 10900. The van der Waals surface area contributed by atoms with Crippen molar-refractivity contribution in [3.63, 3.8) is 0 Å². The molecule has 132 heavy (non-hydrogen) atoms. The van der Waals surface area contributed by atoms with Crippen LogP contribution in [0.15, 0.2) is 140 Å². The molecule has 0 saturated heterocycles. The van der Waals surface area contributed by atoms with Gasteiger partial charge in [0.05, 0.1) is 72.2 Å². The molecule has 14 nitrogen and oxygen atoms in total. The van der Waals surface area contributed by atoms with Crippen molar-refractivity contribution in [1.82, 2.24) is 19.9 Å². The summed E-state index contributed by atoms with van der Waals surface area (Å²) < 4.78 is 37.3. The van der Waals surface area contributed by atoms with E-state index in [2.05, 4.69) is 107 Å². The molecule has 5 heterocycles. The van der Waals surface area contributed by atoms with Gasteiger partial charge < -0.3 is 38.4 Å². The van der Waals surface area contributed by atoms with Crippen molar-refractivity contribution in [1.29, 1.82) is 0 Å². The minimum atomic E-state index is -2.01. The molecule has 3 aromatic heterocycles. The summed E-state index contributed by atoms with van der Waals surface area (Å²) in [6.07, 6.45) is 8.34. The molecular formula is C118H48N4O10. The number of carbonyl (C=O) groups excluding carboxylic acids is 4. The number of aromatic nitrogens is 4. The molecule has 0 amide bonds. The van der Waals surface area contributed by atoms with Crippen LogP contribution in [0.4, 0.5) is 0 Å². The molecule has 1 fully saturated rings. The fourth-order valence-corrected chi connectivity index (χ4v) is 33.6. The first-order valence-corrected chi connectivity index (χ1v) is 46.3. The van der Waals surface area contributed by atoms with Gasteiger partial charge in [-0.2, -0.15) is 0 Å². The van der Waals surface area contributed by atoms with E-state index in [0.29, 0.717) is 5.56 Å². The van der Waals surface area contributed by atoms with Gasteiger partial charge in [-0.3, -0.25) is 9.59 Å². The molecule has 42 rings (SSSR count). The Morgan fingerprint density at radius 1 is 0.258 bits per heavy atom. The quantitative estimate of drug-likeness (QED) is 0.0257. The number of H-pyrrole nitrogens is 2. The summed E-state index contributed by atoms with van der Waals surface area (Å²) in [6, 6.07) is 47.0. The highest BCUT2D eigenvalue weighted by Crippen LogP contribution is 2.97. The molecule has 2 spiro atoms. The maximum Gasteiger partial charge on any atom is 0.344 e. The number of hydrogen-bond acceptors (Lipinski definition) is 12. The van der Waals surface area contributed by atoms with Gasteiger partial charge in [0.1, 0.15) is 13.2 Å². The smallest absolute Gasteiger partial charge is 0.344 e. The van der Waals surface area contributed by atoms with Crippen LogP contribution in [0.5, 0.6) is 0 Å². The Morgan fingerprint density at radius 2 is 0.492 bits per heavy atom. The standard InChI is InChI=1S/C118H48N4O10/c1-2-129-114(125)118(115(126)132-36-50(123)130-34-32-127-30-31-128-33-35-131-113(124)41-20-18-40(19-21-41)54-48-28-26-46(121-48)52(38-14-8-4-9-15-38)44-24-22-42(119-44)51(37-12-6-3-7-13-37)43-23-25-45(120-43)53(39-16-10-5-11-17-39)47-27-29-49(54)122-47)116-109-101-93-83-73-65-57-55-56-59-63-61(57)69-77-71(63)81-75-67(59)68-60(56)64-62-58(55)66(65)74-80-70(62)78-72(64)82-76(68)86-85(75)95-89(81)99-91(77)97(87(93)79(69)73)105(109)107(99)111-103(95)104-96(86)90(82)100-92(78)98-88(80)94(84(74)83)102(101)110(116)106(98)108(100)112(104)117(111,116)118/h3-29,119,122H,2,30-36H2,1H3. The number of ether oxygens (including phenoxy) is 6. The third-order valence-corrected chi connectivity index (χ3v) is 36.3. The van der Waals surface area contributed by atoms with Crippen LogP contribution >= 0.6 is 0 Å². The van der Waals surface area contributed by atoms with Crippen LogP contribution in [0.3, 0.4) is 0 Å². The summed E-state index contributed by atoms with van der Waals surface area (Å²) in [7, 11) is 0. The van der Waals surface area contributed by atoms with Crippen LogP contribution < -0.4 is 0 Å². The van der Waals surface area contributed by atoms with E-state index in [9.17, 15) is 9.59 Å². The zero-order valence-corrected chi connectivity index (χ0v) is 69.2. The van der Waals surface area contributed by atoms with Crippen molar-refractivity contribution >= 4 is 361 Å². The minimum Gasteiger partial charge on any atom is -0.465 e. The molecule has 2 aliphatic heterocycles. The normalized spacial score (nSPS) is 18.5. The largest absolute Gasteiger partial charge is 0.465 e. The molecule has 0 unspecified atom stereocenters. The molecule has 2 N–H and O–H groups in total. The zero-order chi connectivity index (χ0) is 83.9. The minimum absolute atomic E-state index is 0.00511. The molecule has 600 valence electrons. The second kappa shape index (κ2) is 18.4. The van der Waals surface area contributed by atoms with Crippen molar-refractivity contribution in [3.8, 4) is 44.5 Å². The third kappa shape index (κ3) is 5.19. The first-order chi connectivity index (χ1) is 65.3. The highest BCUT2D eigenvalue weighted by Gasteiger charge is 3.01. The van der Waals surface area contributed by atoms with E-state index in [1.807, 2.05) is 61.5 Å². The van der Waals surface area contributed by atoms with Crippen LogP contribution in [0, 0.1) is 5.41 Å². The fraction of sp³-hybridized carbons (Fsp3) is 0.102. The molecule has 35 aromatic rings. The average molecular weight is 1680 g/mol. The summed E-state index contributed by atoms with van der Waals surface area (Å²) in [5.41, 5.74) is 14.5. The van der Waals surface area contributed by atoms with Crippen molar-refractivity contribution < 1.29 is 47.6 Å². The summed E-state index contributed by atoms with van der Waals surface area (Å²) in [5, 5.41) is 75.3. The molecule has 1 saturated carbocycles. The van der Waals surface area contributed by atoms with Crippen LogP contribution in [-0.2, 0) is 53.6 Å². The van der Waals surface area contributed by atoms with Gasteiger partial charge in [-0.15, -0.1) is 0 Å². The number of benzene rings is 22. The van der Waals surface area contributed by atoms with Gasteiger partial charge in [0.2, 0.25) is 0 Å². The van der Waals surface area contributed by atoms with Crippen LogP contribution in [0.1, 0.15) is 62.3 Å². The molecular weight excluding hydrogens is 1630 g/mol. The number of hydrogen-bond donors (Lipinski definition) is 2. The first kappa shape index (κ1) is 62.8. The summed E-state index contributed by atoms with van der Waals surface area (Å²) in [6.45, 7) is 1.55. The van der Waals surface area contributed by atoms with Crippen LogP contribution in [0.25, 0.3) is 382 Å². The second-order valence-electron chi connectivity index (χ2n) is 40.1. The predicted octanol–water partition coefficient (Wildman–Crippen LogP) is 26.5. The topological polar surface area (TPSA) is 181 Å².